The molecule has 19 heavy (non-hydrogen) atoms. The van der Waals surface area contributed by atoms with Crippen LogP contribution in [0, 0.1) is 10.1 Å². The molecule has 100 valence electrons. The molecule has 0 saturated carbocycles. The van der Waals surface area contributed by atoms with Crippen molar-refractivity contribution in [2.24, 2.45) is 0 Å². The smallest absolute Gasteiger partial charge is 0.292 e. The van der Waals surface area contributed by atoms with Crippen LogP contribution in [-0.4, -0.2) is 12.0 Å². The third kappa shape index (κ3) is 3.45. The molecule has 0 aliphatic heterocycles. The topological polar surface area (TPSA) is 64.4 Å². The molecule has 7 heteroatoms. The Morgan fingerprint density at radius 2 is 2.26 bits per heavy atom. The second kappa shape index (κ2) is 6.03. The van der Waals surface area contributed by atoms with Crippen LogP contribution in [0.4, 0.5) is 11.4 Å². The third-order valence-electron chi connectivity index (χ3n) is 2.48. The van der Waals surface area contributed by atoms with E-state index < -0.39 is 4.92 Å². The standard InChI is InChI=1S/C12H11BrN2O3S/c1-18-9-2-3-12(15(16)17)11(5-9)14-6-10-4-8(13)7-19-10/h2-5,7,14H,6H2,1H3. The van der Waals surface area contributed by atoms with E-state index >= 15 is 0 Å². The monoisotopic (exact) mass is 342 g/mol. The molecular formula is C12H11BrN2O3S. The molecule has 0 fully saturated rings. The van der Waals surface area contributed by atoms with Crippen molar-refractivity contribution in [3.05, 3.63) is 49.1 Å². The fourth-order valence-electron chi connectivity index (χ4n) is 1.57. The Morgan fingerprint density at radius 3 is 2.84 bits per heavy atom. The minimum Gasteiger partial charge on any atom is -0.497 e. The van der Waals surface area contributed by atoms with E-state index in [1.807, 2.05) is 11.4 Å². The van der Waals surface area contributed by atoms with Crippen LogP contribution in [0.5, 0.6) is 5.75 Å². The molecule has 0 saturated heterocycles. The first kappa shape index (κ1) is 13.8. The summed E-state index contributed by atoms with van der Waals surface area (Å²) >= 11 is 4.96. The normalized spacial score (nSPS) is 10.2. The molecule has 1 aromatic heterocycles. The Hall–Kier alpha value is -1.60. The van der Waals surface area contributed by atoms with Crippen LogP contribution in [0.2, 0.25) is 0 Å². The number of rotatable bonds is 5. The zero-order chi connectivity index (χ0) is 13.8. The third-order valence-corrected chi connectivity index (χ3v) is 4.17. The highest BCUT2D eigenvalue weighted by Gasteiger charge is 2.14. The van der Waals surface area contributed by atoms with Crippen LogP contribution in [0.1, 0.15) is 4.88 Å². The van der Waals surface area contributed by atoms with Gasteiger partial charge in [0.25, 0.3) is 5.69 Å². The van der Waals surface area contributed by atoms with Crippen LogP contribution >= 0.6 is 27.3 Å². The zero-order valence-electron chi connectivity index (χ0n) is 10.1. The van der Waals surface area contributed by atoms with Crippen molar-refractivity contribution in [3.8, 4) is 5.75 Å². The fraction of sp³-hybridized carbons (Fsp3) is 0.167. The van der Waals surface area contributed by atoms with E-state index in [9.17, 15) is 10.1 Å². The highest BCUT2D eigenvalue weighted by Crippen LogP contribution is 2.30. The van der Waals surface area contributed by atoms with E-state index in [4.69, 9.17) is 4.74 Å². The number of ether oxygens (including phenoxy) is 1. The largest absolute Gasteiger partial charge is 0.497 e. The van der Waals surface area contributed by atoms with Gasteiger partial charge in [-0.05, 0) is 28.1 Å². The number of nitro benzene ring substituents is 1. The summed E-state index contributed by atoms with van der Waals surface area (Å²) < 4.78 is 6.09. The van der Waals surface area contributed by atoms with Crippen molar-refractivity contribution in [2.75, 3.05) is 12.4 Å². The van der Waals surface area contributed by atoms with Gasteiger partial charge >= 0.3 is 0 Å². The number of hydrogen-bond donors (Lipinski definition) is 1. The maximum absolute atomic E-state index is 11.0. The first-order valence-corrected chi connectivity index (χ1v) is 7.06. The highest BCUT2D eigenvalue weighted by molar-refractivity contribution is 9.10. The Balaban J connectivity index is 2.19. The number of nitrogens with zero attached hydrogens (tertiary/aromatic N) is 1. The minimum atomic E-state index is -0.411. The lowest BCUT2D eigenvalue weighted by Crippen LogP contribution is -2.02. The van der Waals surface area contributed by atoms with Gasteiger partial charge in [0, 0.05) is 33.4 Å². The van der Waals surface area contributed by atoms with Gasteiger partial charge in [0.15, 0.2) is 0 Å². The van der Waals surface area contributed by atoms with E-state index in [-0.39, 0.29) is 5.69 Å². The van der Waals surface area contributed by atoms with Crippen LogP contribution in [0.25, 0.3) is 0 Å². The number of benzene rings is 1. The lowest BCUT2D eigenvalue weighted by Gasteiger charge is -2.07. The molecule has 0 atom stereocenters. The summed E-state index contributed by atoms with van der Waals surface area (Å²) in [5.74, 6) is 0.584. The van der Waals surface area contributed by atoms with Crippen LogP contribution in [0.15, 0.2) is 34.1 Å². The number of nitrogens with one attached hydrogen (secondary N) is 1. The van der Waals surface area contributed by atoms with E-state index in [0.29, 0.717) is 18.0 Å². The molecule has 0 bridgehead atoms. The van der Waals surface area contributed by atoms with E-state index in [2.05, 4.69) is 21.2 Å². The molecule has 0 aliphatic rings. The minimum absolute atomic E-state index is 0.0384. The Bertz CT molecular complexity index is 600. The molecule has 0 unspecified atom stereocenters. The maximum atomic E-state index is 11.0. The summed E-state index contributed by atoms with van der Waals surface area (Å²) in [5, 5.41) is 16.0. The molecule has 0 spiro atoms. The van der Waals surface area contributed by atoms with Crippen molar-refractivity contribution in [2.45, 2.75) is 6.54 Å². The van der Waals surface area contributed by atoms with E-state index in [1.54, 1.807) is 23.5 Å². The van der Waals surface area contributed by atoms with Crippen LogP contribution < -0.4 is 10.1 Å². The van der Waals surface area contributed by atoms with Crippen molar-refractivity contribution in [1.82, 2.24) is 0 Å². The molecule has 1 aromatic carbocycles. The molecule has 1 heterocycles. The molecule has 1 N–H and O–H groups in total. The zero-order valence-corrected chi connectivity index (χ0v) is 12.5. The summed E-state index contributed by atoms with van der Waals surface area (Å²) in [5.41, 5.74) is 0.491. The summed E-state index contributed by atoms with van der Waals surface area (Å²) in [6.07, 6.45) is 0. The summed E-state index contributed by atoms with van der Waals surface area (Å²) in [6.45, 7) is 0.532. The van der Waals surface area contributed by atoms with Gasteiger partial charge in [-0.25, -0.2) is 0 Å². The lowest BCUT2D eigenvalue weighted by atomic mass is 10.2. The average Bonchev–Trinajstić information content (AvgIpc) is 2.81. The predicted octanol–water partition coefficient (Wildman–Crippen LogP) is 4.04. The molecule has 0 aliphatic carbocycles. The van der Waals surface area contributed by atoms with Crippen LogP contribution in [0.3, 0.4) is 0 Å². The summed E-state index contributed by atoms with van der Waals surface area (Å²) in [4.78, 5) is 11.6. The Labute approximate surface area is 122 Å². The summed E-state index contributed by atoms with van der Waals surface area (Å²) in [7, 11) is 1.53. The van der Waals surface area contributed by atoms with Gasteiger partial charge in [-0.1, -0.05) is 0 Å². The Kier molecular flexibility index (Phi) is 4.39. The van der Waals surface area contributed by atoms with Gasteiger partial charge in [-0.3, -0.25) is 10.1 Å². The second-order valence-electron chi connectivity index (χ2n) is 3.72. The lowest BCUT2D eigenvalue weighted by molar-refractivity contribution is -0.384. The average molecular weight is 343 g/mol. The molecular weight excluding hydrogens is 332 g/mol. The number of nitro groups is 1. The second-order valence-corrected chi connectivity index (χ2v) is 5.64. The molecule has 5 nitrogen and oxygen atoms in total. The van der Waals surface area contributed by atoms with Gasteiger partial charge in [0.2, 0.25) is 0 Å². The number of anilines is 1. The van der Waals surface area contributed by atoms with Crippen LogP contribution in [-0.2, 0) is 6.54 Å². The van der Waals surface area contributed by atoms with Crippen molar-refractivity contribution >= 4 is 38.6 Å². The number of methoxy groups -OCH3 is 1. The number of hydrogen-bond acceptors (Lipinski definition) is 5. The number of halogens is 1. The first-order valence-electron chi connectivity index (χ1n) is 5.39. The van der Waals surface area contributed by atoms with Crippen molar-refractivity contribution in [3.63, 3.8) is 0 Å². The van der Waals surface area contributed by atoms with Crippen molar-refractivity contribution in [1.29, 1.82) is 0 Å². The van der Waals surface area contributed by atoms with Gasteiger partial charge in [-0.15, -0.1) is 11.3 Å². The van der Waals surface area contributed by atoms with Gasteiger partial charge in [0.05, 0.1) is 12.0 Å². The van der Waals surface area contributed by atoms with Gasteiger partial charge in [-0.2, -0.15) is 0 Å². The maximum Gasteiger partial charge on any atom is 0.292 e. The highest BCUT2D eigenvalue weighted by atomic mass is 79.9. The van der Waals surface area contributed by atoms with E-state index in [0.717, 1.165) is 9.35 Å². The molecule has 0 radical (unpaired) electrons. The molecule has 0 amide bonds. The Morgan fingerprint density at radius 1 is 1.47 bits per heavy atom. The summed E-state index contributed by atoms with van der Waals surface area (Å²) in [6, 6.07) is 6.61. The number of thiophene rings is 1. The molecule has 2 rings (SSSR count). The predicted molar refractivity (Wildman–Crippen MR) is 79.0 cm³/mol. The van der Waals surface area contributed by atoms with Crippen molar-refractivity contribution < 1.29 is 9.66 Å². The van der Waals surface area contributed by atoms with Gasteiger partial charge < -0.3 is 10.1 Å². The van der Waals surface area contributed by atoms with E-state index in [1.165, 1.54) is 13.2 Å². The van der Waals surface area contributed by atoms with Gasteiger partial charge in [0.1, 0.15) is 11.4 Å². The fourth-order valence-corrected chi connectivity index (χ4v) is 2.96. The molecule has 2 aromatic rings. The SMILES string of the molecule is COc1ccc([N+](=O)[O-])c(NCc2cc(Br)cs2)c1. The quantitative estimate of drug-likeness (QED) is 0.657. The first-order chi connectivity index (χ1) is 9.10.